The average Bonchev–Trinajstić information content (AvgIpc) is 3.12. The minimum Gasteiger partial charge on any atom is -0.489 e. The number of ether oxygens (including phenoxy) is 2. The molecule has 0 N–H and O–H groups in total. The van der Waals surface area contributed by atoms with Crippen LogP contribution in [0.3, 0.4) is 0 Å². The number of carbonyl (C=O) groups excluding carboxylic acids is 1. The molecule has 25 heavy (non-hydrogen) atoms. The van der Waals surface area contributed by atoms with Gasteiger partial charge in [-0.2, -0.15) is 11.3 Å². The largest absolute Gasteiger partial charge is 0.489 e. The predicted molar refractivity (Wildman–Crippen MR) is 97.6 cm³/mol. The molecule has 1 amide bonds. The SMILES string of the molecule is O=C(C1CCCO1)N(Cc1ccc(OCc2ccsc2)cc1)C1CC1. The summed E-state index contributed by atoms with van der Waals surface area (Å²) in [7, 11) is 0. The highest BCUT2D eigenvalue weighted by Crippen LogP contribution is 2.31. The molecule has 1 saturated heterocycles. The summed E-state index contributed by atoms with van der Waals surface area (Å²) in [6, 6.07) is 10.6. The number of carbonyl (C=O) groups is 1. The van der Waals surface area contributed by atoms with Crippen molar-refractivity contribution in [3.8, 4) is 5.75 Å². The van der Waals surface area contributed by atoms with E-state index in [9.17, 15) is 4.79 Å². The van der Waals surface area contributed by atoms with Crippen molar-refractivity contribution in [2.24, 2.45) is 0 Å². The molecule has 2 fully saturated rings. The highest BCUT2D eigenvalue weighted by atomic mass is 32.1. The number of nitrogens with zero attached hydrogens (tertiary/aromatic N) is 1. The van der Waals surface area contributed by atoms with Crippen LogP contribution < -0.4 is 4.74 Å². The molecule has 132 valence electrons. The molecule has 2 aromatic rings. The van der Waals surface area contributed by atoms with Crippen LogP contribution in [0, 0.1) is 0 Å². The van der Waals surface area contributed by atoms with E-state index in [4.69, 9.17) is 9.47 Å². The number of amides is 1. The van der Waals surface area contributed by atoms with E-state index in [1.807, 2.05) is 17.0 Å². The summed E-state index contributed by atoms with van der Waals surface area (Å²) in [5.41, 5.74) is 2.33. The van der Waals surface area contributed by atoms with Gasteiger partial charge in [0, 0.05) is 19.2 Å². The molecule has 0 spiro atoms. The zero-order chi connectivity index (χ0) is 17.1. The number of benzene rings is 1. The molecule has 1 aromatic heterocycles. The van der Waals surface area contributed by atoms with Gasteiger partial charge >= 0.3 is 0 Å². The number of thiophene rings is 1. The van der Waals surface area contributed by atoms with E-state index < -0.39 is 0 Å². The molecule has 4 rings (SSSR count). The Kier molecular flexibility index (Phi) is 5.04. The van der Waals surface area contributed by atoms with E-state index in [1.54, 1.807) is 11.3 Å². The van der Waals surface area contributed by atoms with Crippen LogP contribution in [0.4, 0.5) is 0 Å². The fraction of sp³-hybridized carbons (Fsp3) is 0.450. The van der Waals surface area contributed by atoms with Gasteiger partial charge in [0.25, 0.3) is 5.91 Å². The zero-order valence-electron chi connectivity index (χ0n) is 14.2. The lowest BCUT2D eigenvalue weighted by Crippen LogP contribution is -2.39. The summed E-state index contributed by atoms with van der Waals surface area (Å²) >= 11 is 1.68. The highest BCUT2D eigenvalue weighted by molar-refractivity contribution is 7.07. The third kappa shape index (κ3) is 4.22. The minimum absolute atomic E-state index is 0.165. The van der Waals surface area contributed by atoms with E-state index in [0.29, 0.717) is 25.8 Å². The Balaban J connectivity index is 1.36. The Morgan fingerprint density at radius 2 is 2.00 bits per heavy atom. The van der Waals surface area contributed by atoms with Gasteiger partial charge in [-0.25, -0.2) is 0 Å². The van der Waals surface area contributed by atoms with E-state index in [1.165, 1.54) is 5.56 Å². The van der Waals surface area contributed by atoms with Crippen molar-refractivity contribution in [3.63, 3.8) is 0 Å². The molecule has 2 heterocycles. The second-order valence-electron chi connectivity index (χ2n) is 6.76. The second-order valence-corrected chi connectivity index (χ2v) is 7.54. The molecule has 0 bridgehead atoms. The molecule has 1 saturated carbocycles. The van der Waals surface area contributed by atoms with Crippen molar-refractivity contribution in [3.05, 3.63) is 52.2 Å². The van der Waals surface area contributed by atoms with E-state index >= 15 is 0 Å². The molecule has 1 unspecified atom stereocenters. The van der Waals surface area contributed by atoms with Gasteiger partial charge in [0.05, 0.1) is 0 Å². The average molecular weight is 357 g/mol. The monoisotopic (exact) mass is 357 g/mol. The van der Waals surface area contributed by atoms with Gasteiger partial charge < -0.3 is 14.4 Å². The number of hydrogen-bond donors (Lipinski definition) is 0. The zero-order valence-corrected chi connectivity index (χ0v) is 15.0. The lowest BCUT2D eigenvalue weighted by molar-refractivity contribution is -0.142. The molecule has 4 nitrogen and oxygen atoms in total. The maximum Gasteiger partial charge on any atom is 0.252 e. The fourth-order valence-corrected chi connectivity index (χ4v) is 3.81. The first-order chi connectivity index (χ1) is 12.3. The topological polar surface area (TPSA) is 38.8 Å². The summed E-state index contributed by atoms with van der Waals surface area (Å²) in [6.07, 6.45) is 3.84. The standard InChI is InChI=1S/C20H23NO3S/c22-20(19-2-1-10-23-19)21(17-5-6-17)12-15-3-7-18(8-4-15)24-13-16-9-11-25-14-16/h3-4,7-9,11,14,17,19H,1-2,5-6,10,12-13H2. The Hall–Kier alpha value is -1.85. The van der Waals surface area contributed by atoms with Gasteiger partial charge in [0.1, 0.15) is 18.5 Å². The minimum atomic E-state index is -0.228. The third-order valence-electron chi connectivity index (χ3n) is 4.74. The van der Waals surface area contributed by atoms with Crippen LogP contribution in [0.1, 0.15) is 36.8 Å². The summed E-state index contributed by atoms with van der Waals surface area (Å²) in [5.74, 6) is 1.02. The van der Waals surface area contributed by atoms with Gasteiger partial charge in [-0.15, -0.1) is 0 Å². The van der Waals surface area contributed by atoms with Crippen molar-refractivity contribution in [2.45, 2.75) is 51.0 Å². The van der Waals surface area contributed by atoms with Crippen LogP contribution >= 0.6 is 11.3 Å². The van der Waals surface area contributed by atoms with E-state index in [-0.39, 0.29) is 12.0 Å². The first-order valence-corrected chi connectivity index (χ1v) is 9.89. The lowest BCUT2D eigenvalue weighted by atomic mass is 10.1. The quantitative estimate of drug-likeness (QED) is 0.752. The van der Waals surface area contributed by atoms with Gasteiger partial charge in [0.15, 0.2) is 0 Å². The van der Waals surface area contributed by atoms with Crippen LogP contribution in [0.5, 0.6) is 5.75 Å². The summed E-state index contributed by atoms with van der Waals surface area (Å²) in [5, 5.41) is 4.15. The molecule has 2 aliphatic rings. The van der Waals surface area contributed by atoms with Crippen LogP contribution in [0.25, 0.3) is 0 Å². The molecular weight excluding hydrogens is 334 g/mol. The van der Waals surface area contributed by atoms with Gasteiger partial charge in [-0.05, 0) is 65.8 Å². The molecule has 1 aliphatic heterocycles. The van der Waals surface area contributed by atoms with Crippen LogP contribution in [0.2, 0.25) is 0 Å². The normalized spacial score (nSPS) is 19.8. The van der Waals surface area contributed by atoms with Gasteiger partial charge in [0.2, 0.25) is 0 Å². The molecule has 1 atom stereocenters. The molecule has 0 radical (unpaired) electrons. The van der Waals surface area contributed by atoms with Gasteiger partial charge in [-0.1, -0.05) is 12.1 Å². The summed E-state index contributed by atoms with van der Waals surface area (Å²) < 4.78 is 11.4. The Morgan fingerprint density at radius 3 is 2.64 bits per heavy atom. The second kappa shape index (κ2) is 7.58. The van der Waals surface area contributed by atoms with Gasteiger partial charge in [-0.3, -0.25) is 4.79 Å². The fourth-order valence-electron chi connectivity index (χ4n) is 3.16. The van der Waals surface area contributed by atoms with E-state index in [2.05, 4.69) is 29.0 Å². The predicted octanol–water partition coefficient (Wildman–Crippen LogP) is 4.00. The van der Waals surface area contributed by atoms with E-state index in [0.717, 1.165) is 37.0 Å². The Morgan fingerprint density at radius 1 is 1.16 bits per heavy atom. The maximum absolute atomic E-state index is 12.7. The molecular formula is C20H23NO3S. The summed E-state index contributed by atoms with van der Waals surface area (Å²) in [4.78, 5) is 14.7. The van der Waals surface area contributed by atoms with Crippen molar-refractivity contribution in [2.75, 3.05) is 6.61 Å². The van der Waals surface area contributed by atoms with Crippen molar-refractivity contribution in [1.82, 2.24) is 4.90 Å². The Bertz CT molecular complexity index is 688. The third-order valence-corrected chi connectivity index (χ3v) is 5.47. The first-order valence-electron chi connectivity index (χ1n) is 8.94. The molecule has 1 aromatic carbocycles. The van der Waals surface area contributed by atoms with Crippen LogP contribution in [-0.2, 0) is 22.7 Å². The molecule has 5 heteroatoms. The molecule has 1 aliphatic carbocycles. The number of hydrogen-bond acceptors (Lipinski definition) is 4. The smallest absolute Gasteiger partial charge is 0.252 e. The van der Waals surface area contributed by atoms with Crippen LogP contribution in [-0.4, -0.2) is 29.6 Å². The Labute approximate surface area is 152 Å². The van der Waals surface area contributed by atoms with Crippen molar-refractivity contribution in [1.29, 1.82) is 0 Å². The number of rotatable bonds is 7. The summed E-state index contributed by atoms with van der Waals surface area (Å²) in [6.45, 7) is 1.97. The van der Waals surface area contributed by atoms with Crippen molar-refractivity contribution < 1.29 is 14.3 Å². The lowest BCUT2D eigenvalue weighted by Gasteiger charge is -2.25. The maximum atomic E-state index is 12.7. The highest BCUT2D eigenvalue weighted by Gasteiger charge is 2.37. The van der Waals surface area contributed by atoms with Crippen molar-refractivity contribution >= 4 is 17.2 Å². The first kappa shape index (κ1) is 16.6. The van der Waals surface area contributed by atoms with Crippen LogP contribution in [0.15, 0.2) is 41.1 Å².